The quantitative estimate of drug-likeness (QED) is 0.461. The predicted molar refractivity (Wildman–Crippen MR) is 103 cm³/mol. The minimum Gasteiger partial charge on any atom is -0.378 e. The van der Waals surface area contributed by atoms with Crippen molar-refractivity contribution in [3.8, 4) is 0 Å². The summed E-state index contributed by atoms with van der Waals surface area (Å²) >= 11 is 0. The summed E-state index contributed by atoms with van der Waals surface area (Å²) < 4.78 is 5.37. The number of benzene rings is 2. The van der Waals surface area contributed by atoms with Crippen LogP contribution >= 0.6 is 0 Å². The van der Waals surface area contributed by atoms with Crippen LogP contribution in [0.1, 0.15) is 22.3 Å². The van der Waals surface area contributed by atoms with Crippen molar-refractivity contribution in [2.45, 2.75) is 12.8 Å². The van der Waals surface area contributed by atoms with E-state index in [2.05, 4.69) is 34.5 Å². The summed E-state index contributed by atoms with van der Waals surface area (Å²) in [4.78, 5) is 24.5. The lowest BCUT2D eigenvalue weighted by Gasteiger charge is -2.28. The molecule has 0 radical (unpaired) electrons. The van der Waals surface area contributed by atoms with Gasteiger partial charge in [-0.3, -0.25) is 14.9 Å². The van der Waals surface area contributed by atoms with E-state index in [1.165, 1.54) is 35.5 Å². The Labute approximate surface area is 158 Å². The second kappa shape index (κ2) is 9.14. The molecule has 1 saturated heterocycles. The lowest BCUT2D eigenvalue weighted by Crippen LogP contribution is -2.36. The van der Waals surface area contributed by atoms with Gasteiger partial charge in [0.15, 0.2) is 0 Å². The monoisotopic (exact) mass is 369 g/mol. The summed E-state index contributed by atoms with van der Waals surface area (Å²) in [6.45, 7) is 3.95. The van der Waals surface area contributed by atoms with Gasteiger partial charge >= 0.3 is 0 Å². The van der Waals surface area contributed by atoms with Crippen LogP contribution in [0.5, 0.6) is 0 Å². The first kappa shape index (κ1) is 18.8. The Morgan fingerprint density at radius 1 is 1.07 bits per heavy atom. The van der Waals surface area contributed by atoms with Gasteiger partial charge in [0.05, 0.1) is 18.1 Å². The third-order valence-corrected chi connectivity index (χ3v) is 4.58. The second-order valence-electron chi connectivity index (χ2n) is 6.43. The van der Waals surface area contributed by atoms with Crippen molar-refractivity contribution in [2.24, 2.45) is 0 Å². The molecule has 2 aromatic rings. The van der Waals surface area contributed by atoms with Gasteiger partial charge in [-0.05, 0) is 42.7 Å². The molecule has 1 N–H and O–H groups in total. The zero-order valence-corrected chi connectivity index (χ0v) is 15.1. The highest BCUT2D eigenvalue weighted by atomic mass is 16.6. The fourth-order valence-electron chi connectivity index (χ4n) is 3.03. The maximum absolute atomic E-state index is 12.1. The van der Waals surface area contributed by atoms with Crippen LogP contribution in [-0.4, -0.2) is 43.7 Å². The number of ether oxygens (including phenoxy) is 1. The van der Waals surface area contributed by atoms with Crippen LogP contribution in [0, 0.1) is 10.1 Å². The molecule has 0 aromatic heterocycles. The molecule has 3 rings (SSSR count). The van der Waals surface area contributed by atoms with Gasteiger partial charge in [-0.1, -0.05) is 12.1 Å². The van der Waals surface area contributed by atoms with Gasteiger partial charge in [-0.25, -0.2) is 0 Å². The molecule has 0 spiro atoms. The lowest BCUT2D eigenvalue weighted by atomic mass is 10.1. The Kier molecular flexibility index (Phi) is 6.38. The Hall–Kier alpha value is -2.93. The van der Waals surface area contributed by atoms with E-state index < -0.39 is 4.92 Å². The smallest absolute Gasteiger partial charge is 0.269 e. The Morgan fingerprint density at radius 3 is 2.37 bits per heavy atom. The van der Waals surface area contributed by atoms with Crippen molar-refractivity contribution in [3.63, 3.8) is 0 Å². The molecule has 7 nitrogen and oxygen atoms in total. The topological polar surface area (TPSA) is 84.7 Å². The number of non-ortho nitro benzene ring substituents is 1. The Balaban J connectivity index is 1.41. The number of morpholine rings is 1. The zero-order valence-electron chi connectivity index (χ0n) is 15.1. The Bertz CT molecular complexity index is 769. The van der Waals surface area contributed by atoms with Gasteiger partial charge in [-0.15, -0.1) is 0 Å². The predicted octanol–water partition coefficient (Wildman–Crippen LogP) is 2.79. The first-order valence-corrected chi connectivity index (χ1v) is 9.08. The summed E-state index contributed by atoms with van der Waals surface area (Å²) in [6.07, 6.45) is 1.71. The average Bonchev–Trinajstić information content (AvgIpc) is 2.72. The molecule has 7 heteroatoms. The molecule has 142 valence electrons. The molecule has 1 fully saturated rings. The van der Waals surface area contributed by atoms with Crippen molar-refractivity contribution in [1.29, 1.82) is 0 Å². The number of nitrogens with one attached hydrogen (secondary N) is 1. The molecule has 27 heavy (non-hydrogen) atoms. The minimum atomic E-state index is -0.480. The molecule has 0 unspecified atom stereocenters. The highest BCUT2D eigenvalue weighted by molar-refractivity contribution is 5.94. The Morgan fingerprint density at radius 2 is 1.74 bits per heavy atom. The summed E-state index contributed by atoms with van der Waals surface area (Å²) in [5.41, 5.74) is 2.85. The number of nitrogens with zero attached hydrogens (tertiary/aromatic N) is 2. The summed E-state index contributed by atoms with van der Waals surface area (Å²) in [6, 6.07) is 14.1. The lowest BCUT2D eigenvalue weighted by molar-refractivity contribution is -0.384. The number of nitro groups is 1. The number of aryl methyl sites for hydroxylation is 1. The van der Waals surface area contributed by atoms with Gasteiger partial charge in [-0.2, -0.15) is 0 Å². The first-order valence-electron chi connectivity index (χ1n) is 9.08. The van der Waals surface area contributed by atoms with Crippen LogP contribution in [0.2, 0.25) is 0 Å². The van der Waals surface area contributed by atoms with Crippen molar-refractivity contribution >= 4 is 17.3 Å². The maximum Gasteiger partial charge on any atom is 0.269 e. The highest BCUT2D eigenvalue weighted by Gasteiger charge is 2.11. The van der Waals surface area contributed by atoms with Crippen molar-refractivity contribution in [3.05, 3.63) is 69.8 Å². The third kappa shape index (κ3) is 5.27. The highest BCUT2D eigenvalue weighted by Crippen LogP contribution is 2.17. The summed E-state index contributed by atoms with van der Waals surface area (Å²) in [7, 11) is 0. The van der Waals surface area contributed by atoms with E-state index >= 15 is 0 Å². The summed E-state index contributed by atoms with van der Waals surface area (Å²) in [5, 5.41) is 13.5. The molecule has 1 aliphatic rings. The van der Waals surface area contributed by atoms with Crippen molar-refractivity contribution in [2.75, 3.05) is 37.7 Å². The molecule has 1 amide bonds. The number of anilines is 1. The summed E-state index contributed by atoms with van der Waals surface area (Å²) in [5.74, 6) is -0.215. The molecule has 0 aliphatic carbocycles. The van der Waals surface area contributed by atoms with Gasteiger partial charge in [0.25, 0.3) is 11.6 Å². The van der Waals surface area contributed by atoms with Crippen molar-refractivity contribution in [1.82, 2.24) is 5.32 Å². The third-order valence-electron chi connectivity index (χ3n) is 4.58. The van der Waals surface area contributed by atoms with Crippen LogP contribution in [0.15, 0.2) is 48.5 Å². The van der Waals surface area contributed by atoms with Crippen molar-refractivity contribution < 1.29 is 14.5 Å². The number of rotatable bonds is 7. The molecular formula is C20H23N3O4. The molecule has 0 bridgehead atoms. The SMILES string of the molecule is O=C(NCCCc1ccc(N2CCOCC2)cc1)c1ccc([N+](=O)[O-])cc1. The van der Waals surface area contributed by atoms with E-state index in [-0.39, 0.29) is 11.6 Å². The van der Waals surface area contributed by atoms with Crippen LogP contribution in [-0.2, 0) is 11.2 Å². The number of amides is 1. The molecule has 1 aliphatic heterocycles. The number of nitro benzene ring substituents is 1. The van der Waals surface area contributed by atoms with Crippen LogP contribution in [0.3, 0.4) is 0 Å². The van der Waals surface area contributed by atoms with Gasteiger partial charge in [0.2, 0.25) is 0 Å². The fourth-order valence-corrected chi connectivity index (χ4v) is 3.03. The van der Waals surface area contributed by atoms with Crippen LogP contribution in [0.25, 0.3) is 0 Å². The van der Waals surface area contributed by atoms with E-state index in [0.717, 1.165) is 39.1 Å². The fraction of sp³-hybridized carbons (Fsp3) is 0.350. The number of carbonyl (C=O) groups excluding carboxylic acids is 1. The number of carbonyl (C=O) groups is 1. The van der Waals surface area contributed by atoms with Gasteiger partial charge < -0.3 is 15.0 Å². The molecule has 0 atom stereocenters. The molecular weight excluding hydrogens is 346 g/mol. The van der Waals surface area contributed by atoms with E-state index in [1.54, 1.807) is 0 Å². The van der Waals surface area contributed by atoms with E-state index in [9.17, 15) is 14.9 Å². The van der Waals surface area contributed by atoms with E-state index in [0.29, 0.717) is 12.1 Å². The average molecular weight is 369 g/mol. The maximum atomic E-state index is 12.1. The van der Waals surface area contributed by atoms with Crippen LogP contribution < -0.4 is 10.2 Å². The first-order chi connectivity index (χ1) is 13.1. The number of hydrogen-bond donors (Lipinski definition) is 1. The standard InChI is InChI=1S/C20H23N3O4/c24-20(17-5-9-19(10-6-17)23(25)26)21-11-1-2-16-3-7-18(8-4-16)22-12-14-27-15-13-22/h3-10H,1-2,11-15H2,(H,21,24). The van der Waals surface area contributed by atoms with E-state index in [1.807, 2.05) is 0 Å². The molecule has 0 saturated carbocycles. The molecule has 2 aromatic carbocycles. The number of hydrogen-bond acceptors (Lipinski definition) is 5. The minimum absolute atomic E-state index is 0.0212. The van der Waals surface area contributed by atoms with Crippen LogP contribution in [0.4, 0.5) is 11.4 Å². The largest absolute Gasteiger partial charge is 0.378 e. The van der Waals surface area contributed by atoms with Gasteiger partial charge in [0, 0.05) is 43.0 Å². The van der Waals surface area contributed by atoms with E-state index in [4.69, 9.17) is 4.74 Å². The molecule has 1 heterocycles. The normalized spacial score (nSPS) is 14.0. The van der Waals surface area contributed by atoms with Gasteiger partial charge in [0.1, 0.15) is 0 Å². The zero-order chi connectivity index (χ0) is 19.1. The second-order valence-corrected chi connectivity index (χ2v) is 6.43.